The van der Waals surface area contributed by atoms with Crippen molar-refractivity contribution in [1.82, 2.24) is 10.1 Å². The number of aromatic nitrogens is 2. The Hall–Kier alpha value is -0.940. The van der Waals surface area contributed by atoms with Gasteiger partial charge in [-0.25, -0.2) is 0 Å². The van der Waals surface area contributed by atoms with Crippen LogP contribution in [0.1, 0.15) is 65.1 Å². The van der Waals surface area contributed by atoms with E-state index in [1.54, 1.807) is 0 Å². The molecule has 5 nitrogen and oxygen atoms in total. The molecule has 0 saturated heterocycles. The Labute approximate surface area is 115 Å². The first-order valence-corrected chi connectivity index (χ1v) is 7.14. The van der Waals surface area contributed by atoms with Gasteiger partial charge in [0, 0.05) is 13.2 Å². The van der Waals surface area contributed by atoms with Crippen LogP contribution in [0.2, 0.25) is 0 Å². The number of nitrogens with two attached hydrogens (primary N) is 1. The van der Waals surface area contributed by atoms with Crippen molar-refractivity contribution in [3.05, 3.63) is 11.7 Å². The van der Waals surface area contributed by atoms with Crippen LogP contribution in [0, 0.1) is 5.92 Å². The first-order valence-electron chi connectivity index (χ1n) is 7.14. The summed E-state index contributed by atoms with van der Waals surface area (Å²) in [5, 5.41) is 4.09. The third-order valence-electron chi connectivity index (χ3n) is 3.44. The molecule has 0 aliphatic carbocycles. The van der Waals surface area contributed by atoms with Crippen molar-refractivity contribution in [2.45, 2.75) is 59.0 Å². The largest absolute Gasteiger partial charge is 0.367 e. The lowest BCUT2D eigenvalue weighted by Gasteiger charge is -2.24. The first-order chi connectivity index (χ1) is 8.96. The predicted molar refractivity (Wildman–Crippen MR) is 74.8 cm³/mol. The molecule has 1 aromatic rings. The van der Waals surface area contributed by atoms with Gasteiger partial charge >= 0.3 is 0 Å². The summed E-state index contributed by atoms with van der Waals surface area (Å²) in [6, 6.07) is 0. The van der Waals surface area contributed by atoms with Crippen LogP contribution in [0.4, 0.5) is 0 Å². The van der Waals surface area contributed by atoms with E-state index in [0.29, 0.717) is 30.8 Å². The fourth-order valence-electron chi connectivity index (χ4n) is 2.13. The lowest BCUT2D eigenvalue weighted by atomic mass is 9.97. The van der Waals surface area contributed by atoms with Gasteiger partial charge in [0.05, 0.1) is 5.92 Å². The molecule has 0 spiro atoms. The van der Waals surface area contributed by atoms with Crippen LogP contribution in [0.3, 0.4) is 0 Å². The number of hydrogen-bond acceptors (Lipinski definition) is 5. The second-order valence-corrected chi connectivity index (χ2v) is 5.54. The van der Waals surface area contributed by atoms with Crippen LogP contribution in [0.15, 0.2) is 4.52 Å². The highest BCUT2D eigenvalue weighted by Gasteiger charge is 2.32. The quantitative estimate of drug-likeness (QED) is 0.785. The molecule has 2 N–H and O–H groups in total. The molecule has 1 heterocycles. The van der Waals surface area contributed by atoms with E-state index in [9.17, 15) is 0 Å². The molecule has 0 aliphatic rings. The van der Waals surface area contributed by atoms with Crippen LogP contribution in [0.25, 0.3) is 0 Å². The molecule has 1 rings (SSSR count). The smallest absolute Gasteiger partial charge is 0.231 e. The summed E-state index contributed by atoms with van der Waals surface area (Å²) in [6.07, 6.45) is 1.76. The molecule has 0 bridgehead atoms. The molecule has 0 fully saturated rings. The highest BCUT2D eigenvalue weighted by atomic mass is 16.5. The maximum Gasteiger partial charge on any atom is 0.231 e. The van der Waals surface area contributed by atoms with Crippen LogP contribution in [0.5, 0.6) is 0 Å². The minimum atomic E-state index is -0.479. The predicted octanol–water partition coefficient (Wildman–Crippen LogP) is 2.82. The van der Waals surface area contributed by atoms with E-state index in [0.717, 1.165) is 12.8 Å². The summed E-state index contributed by atoms with van der Waals surface area (Å²) < 4.78 is 11.1. The van der Waals surface area contributed by atoms with E-state index in [2.05, 4.69) is 30.9 Å². The fraction of sp³-hybridized carbons (Fsp3) is 0.857. The van der Waals surface area contributed by atoms with Gasteiger partial charge in [0.2, 0.25) is 11.7 Å². The Balaban J connectivity index is 2.91. The maximum absolute atomic E-state index is 5.80. The zero-order valence-corrected chi connectivity index (χ0v) is 12.8. The third-order valence-corrected chi connectivity index (χ3v) is 3.44. The van der Waals surface area contributed by atoms with Crippen molar-refractivity contribution < 1.29 is 9.26 Å². The van der Waals surface area contributed by atoms with Gasteiger partial charge in [0.25, 0.3) is 0 Å². The van der Waals surface area contributed by atoms with Crippen molar-refractivity contribution in [2.24, 2.45) is 11.7 Å². The van der Waals surface area contributed by atoms with E-state index < -0.39 is 5.60 Å². The molecule has 110 valence electrons. The molecule has 1 aromatic heterocycles. The molecule has 2 atom stereocenters. The number of hydrogen-bond donors (Lipinski definition) is 1. The summed E-state index contributed by atoms with van der Waals surface area (Å²) in [5.74, 6) is 1.93. The van der Waals surface area contributed by atoms with E-state index >= 15 is 0 Å². The summed E-state index contributed by atoms with van der Waals surface area (Å²) in [7, 11) is 0. The molecular formula is C14H27N3O2. The fourth-order valence-corrected chi connectivity index (χ4v) is 2.13. The first kappa shape index (κ1) is 16.1. The van der Waals surface area contributed by atoms with Gasteiger partial charge in [-0.3, -0.25) is 0 Å². The van der Waals surface area contributed by atoms with E-state index in [-0.39, 0.29) is 5.92 Å². The average molecular weight is 269 g/mol. The Bertz CT molecular complexity index is 379. The van der Waals surface area contributed by atoms with Crippen LogP contribution >= 0.6 is 0 Å². The highest BCUT2D eigenvalue weighted by Crippen LogP contribution is 2.29. The monoisotopic (exact) mass is 269 g/mol. The minimum Gasteiger partial charge on any atom is -0.367 e. The van der Waals surface area contributed by atoms with Gasteiger partial charge in [0.15, 0.2) is 0 Å². The Morgan fingerprint density at radius 1 is 1.37 bits per heavy atom. The summed E-state index contributed by atoms with van der Waals surface area (Å²) in [4.78, 5) is 4.51. The van der Waals surface area contributed by atoms with Gasteiger partial charge in [-0.2, -0.15) is 4.98 Å². The zero-order chi connectivity index (χ0) is 14.5. The molecule has 2 unspecified atom stereocenters. The molecule has 0 saturated carbocycles. The van der Waals surface area contributed by atoms with Gasteiger partial charge in [0.1, 0.15) is 5.60 Å². The van der Waals surface area contributed by atoms with Crippen molar-refractivity contribution in [1.29, 1.82) is 0 Å². The lowest BCUT2D eigenvalue weighted by Crippen LogP contribution is -2.26. The molecule has 5 heteroatoms. The molecule has 0 aromatic carbocycles. The summed E-state index contributed by atoms with van der Waals surface area (Å²) >= 11 is 0. The lowest BCUT2D eigenvalue weighted by molar-refractivity contribution is -0.0403. The number of ether oxygens (including phenoxy) is 1. The Morgan fingerprint density at radius 3 is 2.53 bits per heavy atom. The molecule has 0 radical (unpaired) electrons. The van der Waals surface area contributed by atoms with Crippen LogP contribution < -0.4 is 5.73 Å². The molecule has 0 amide bonds. The van der Waals surface area contributed by atoms with Crippen molar-refractivity contribution in [3.63, 3.8) is 0 Å². The molecular weight excluding hydrogens is 242 g/mol. The standard InChI is InChI=1S/C14H27N3O2/c1-6-14(5,18-7-2)13-16-12(19-17-13)11(9-15)8-10(3)4/h10-11H,6-9,15H2,1-5H3. The zero-order valence-electron chi connectivity index (χ0n) is 12.8. The van der Waals surface area contributed by atoms with Crippen LogP contribution in [-0.2, 0) is 10.3 Å². The molecule has 19 heavy (non-hydrogen) atoms. The highest BCUT2D eigenvalue weighted by molar-refractivity contribution is 5.02. The normalized spacial score (nSPS) is 16.6. The van der Waals surface area contributed by atoms with Crippen molar-refractivity contribution in [2.75, 3.05) is 13.2 Å². The van der Waals surface area contributed by atoms with Gasteiger partial charge < -0.3 is 15.0 Å². The maximum atomic E-state index is 5.80. The van der Waals surface area contributed by atoms with Crippen molar-refractivity contribution >= 4 is 0 Å². The van der Waals surface area contributed by atoms with E-state index in [1.165, 1.54) is 0 Å². The van der Waals surface area contributed by atoms with E-state index in [4.69, 9.17) is 15.0 Å². The summed E-state index contributed by atoms with van der Waals surface area (Å²) in [6.45, 7) is 11.5. The van der Waals surface area contributed by atoms with Crippen LogP contribution in [-0.4, -0.2) is 23.3 Å². The van der Waals surface area contributed by atoms with Gasteiger partial charge in [-0.05, 0) is 32.6 Å². The second kappa shape index (κ2) is 7.01. The average Bonchev–Trinajstić information content (AvgIpc) is 2.86. The Morgan fingerprint density at radius 2 is 2.05 bits per heavy atom. The van der Waals surface area contributed by atoms with E-state index in [1.807, 2.05) is 13.8 Å². The summed E-state index contributed by atoms with van der Waals surface area (Å²) in [5.41, 5.74) is 5.32. The number of rotatable bonds is 8. The minimum absolute atomic E-state index is 0.129. The van der Waals surface area contributed by atoms with Gasteiger partial charge in [-0.15, -0.1) is 0 Å². The molecule has 0 aliphatic heterocycles. The van der Waals surface area contributed by atoms with Crippen molar-refractivity contribution in [3.8, 4) is 0 Å². The third kappa shape index (κ3) is 4.01. The Kier molecular flexibility index (Phi) is 5.94. The second-order valence-electron chi connectivity index (χ2n) is 5.54. The van der Waals surface area contributed by atoms with Gasteiger partial charge in [-0.1, -0.05) is 25.9 Å². The number of nitrogens with zero attached hydrogens (tertiary/aromatic N) is 2. The SMILES string of the molecule is CCOC(C)(CC)c1noc(C(CN)CC(C)C)n1. The topological polar surface area (TPSA) is 74.2 Å².